The van der Waals surface area contributed by atoms with Gasteiger partial charge in [0.05, 0.1) is 12.7 Å². The molecule has 0 aliphatic heterocycles. The van der Waals surface area contributed by atoms with Gasteiger partial charge in [0.25, 0.3) is 0 Å². The minimum absolute atomic E-state index is 0.134. The number of hydrogen-bond acceptors (Lipinski definition) is 3. The molecule has 3 heteroatoms. The number of hydrogen-bond donors (Lipinski definition) is 1. The molecule has 0 bridgehead atoms. The second kappa shape index (κ2) is 6.36. The van der Waals surface area contributed by atoms with E-state index < -0.39 is 0 Å². The molecule has 0 aliphatic rings. The molecule has 23 heavy (non-hydrogen) atoms. The van der Waals surface area contributed by atoms with Crippen molar-refractivity contribution < 1.29 is 14.6 Å². The maximum atomic E-state index is 11.0. The van der Waals surface area contributed by atoms with Crippen LogP contribution in [-0.2, 0) is 0 Å². The first-order valence-electron chi connectivity index (χ1n) is 7.25. The molecule has 3 aromatic rings. The standard InChI is InChI=1S/C20H16O3/c1-23-20-18(11-10-17(13-21)19(20)22)16-9-5-8-15(12-16)14-6-3-2-4-7-14/h2-13,22H,1H3. The van der Waals surface area contributed by atoms with Crippen molar-refractivity contribution in [3.63, 3.8) is 0 Å². The van der Waals surface area contributed by atoms with Gasteiger partial charge in [-0.2, -0.15) is 0 Å². The van der Waals surface area contributed by atoms with Gasteiger partial charge in [-0.15, -0.1) is 0 Å². The molecule has 0 heterocycles. The van der Waals surface area contributed by atoms with Crippen LogP contribution in [-0.4, -0.2) is 18.5 Å². The Kier molecular flexibility index (Phi) is 4.11. The number of phenolic OH excluding ortho intramolecular Hbond substituents is 1. The SMILES string of the molecule is COc1c(-c2cccc(-c3ccccc3)c2)ccc(C=O)c1O. The van der Waals surface area contributed by atoms with Gasteiger partial charge in [0.1, 0.15) is 0 Å². The second-order valence-electron chi connectivity index (χ2n) is 5.15. The zero-order valence-corrected chi connectivity index (χ0v) is 12.7. The van der Waals surface area contributed by atoms with Gasteiger partial charge in [-0.1, -0.05) is 48.5 Å². The summed E-state index contributed by atoms with van der Waals surface area (Å²) in [6.45, 7) is 0. The lowest BCUT2D eigenvalue weighted by Gasteiger charge is -2.13. The van der Waals surface area contributed by atoms with E-state index >= 15 is 0 Å². The van der Waals surface area contributed by atoms with Crippen molar-refractivity contribution in [2.24, 2.45) is 0 Å². The highest BCUT2D eigenvalue weighted by molar-refractivity contribution is 5.86. The maximum Gasteiger partial charge on any atom is 0.169 e. The summed E-state index contributed by atoms with van der Waals surface area (Å²) in [6, 6.07) is 21.4. The molecule has 0 saturated heterocycles. The minimum atomic E-state index is -0.134. The number of methoxy groups -OCH3 is 1. The lowest BCUT2D eigenvalue weighted by atomic mass is 9.97. The first kappa shape index (κ1) is 14.9. The average molecular weight is 304 g/mol. The van der Waals surface area contributed by atoms with Gasteiger partial charge in [0, 0.05) is 5.56 Å². The molecule has 3 nitrogen and oxygen atoms in total. The van der Waals surface area contributed by atoms with Crippen LogP contribution in [0.15, 0.2) is 66.7 Å². The number of benzene rings is 3. The number of aromatic hydroxyl groups is 1. The highest BCUT2D eigenvalue weighted by Crippen LogP contribution is 2.40. The summed E-state index contributed by atoms with van der Waals surface area (Å²) in [7, 11) is 1.48. The molecule has 0 aromatic heterocycles. The van der Waals surface area contributed by atoms with Crippen LogP contribution in [0.25, 0.3) is 22.3 Å². The smallest absolute Gasteiger partial charge is 0.169 e. The second-order valence-corrected chi connectivity index (χ2v) is 5.15. The van der Waals surface area contributed by atoms with E-state index in [1.54, 1.807) is 12.1 Å². The van der Waals surface area contributed by atoms with E-state index in [0.29, 0.717) is 12.0 Å². The molecule has 0 spiro atoms. The first-order valence-corrected chi connectivity index (χ1v) is 7.25. The fourth-order valence-electron chi connectivity index (χ4n) is 2.61. The Morgan fingerprint density at radius 3 is 2.26 bits per heavy atom. The largest absolute Gasteiger partial charge is 0.504 e. The zero-order valence-electron chi connectivity index (χ0n) is 12.7. The number of ether oxygens (including phenoxy) is 1. The van der Waals surface area contributed by atoms with Crippen LogP contribution < -0.4 is 4.74 Å². The van der Waals surface area contributed by atoms with Crippen molar-refractivity contribution in [1.29, 1.82) is 0 Å². The van der Waals surface area contributed by atoms with Crippen molar-refractivity contribution in [1.82, 2.24) is 0 Å². The molecule has 0 radical (unpaired) electrons. The molecule has 0 saturated carbocycles. The number of rotatable bonds is 4. The summed E-state index contributed by atoms with van der Waals surface area (Å²) in [6.07, 6.45) is 0.613. The lowest BCUT2D eigenvalue weighted by Crippen LogP contribution is -1.92. The summed E-state index contributed by atoms with van der Waals surface area (Å²) in [4.78, 5) is 11.0. The molecule has 1 N–H and O–H groups in total. The topological polar surface area (TPSA) is 46.5 Å². The van der Waals surface area contributed by atoms with E-state index in [1.807, 2.05) is 54.6 Å². The number of carbonyl (C=O) groups is 1. The predicted molar refractivity (Wildman–Crippen MR) is 90.9 cm³/mol. The summed E-state index contributed by atoms with van der Waals surface area (Å²) in [5.74, 6) is 0.171. The Morgan fingerprint density at radius 1 is 0.870 bits per heavy atom. The first-order chi connectivity index (χ1) is 11.2. The van der Waals surface area contributed by atoms with Crippen molar-refractivity contribution in [2.45, 2.75) is 0 Å². The molecule has 3 rings (SSSR count). The van der Waals surface area contributed by atoms with E-state index in [0.717, 1.165) is 22.3 Å². The van der Waals surface area contributed by atoms with Crippen LogP contribution >= 0.6 is 0 Å². The highest BCUT2D eigenvalue weighted by Gasteiger charge is 2.14. The van der Waals surface area contributed by atoms with E-state index in [9.17, 15) is 9.90 Å². The molecule has 0 fully saturated rings. The Labute approximate surface area is 134 Å². The fraction of sp³-hybridized carbons (Fsp3) is 0.0500. The Morgan fingerprint density at radius 2 is 1.57 bits per heavy atom. The van der Waals surface area contributed by atoms with Gasteiger partial charge in [0.2, 0.25) is 0 Å². The monoisotopic (exact) mass is 304 g/mol. The van der Waals surface area contributed by atoms with E-state index in [2.05, 4.69) is 0 Å². The third kappa shape index (κ3) is 2.81. The normalized spacial score (nSPS) is 10.3. The third-order valence-corrected chi connectivity index (χ3v) is 3.77. The Balaban J connectivity index is 2.13. The molecular weight excluding hydrogens is 288 g/mol. The average Bonchev–Trinajstić information content (AvgIpc) is 2.62. The van der Waals surface area contributed by atoms with Crippen molar-refractivity contribution in [2.75, 3.05) is 7.11 Å². The minimum Gasteiger partial charge on any atom is -0.504 e. The molecule has 114 valence electrons. The van der Waals surface area contributed by atoms with Gasteiger partial charge in [-0.25, -0.2) is 0 Å². The van der Waals surface area contributed by atoms with E-state index in [4.69, 9.17) is 4.74 Å². The van der Waals surface area contributed by atoms with Crippen LogP contribution in [0.5, 0.6) is 11.5 Å². The summed E-state index contributed by atoms with van der Waals surface area (Å²) in [5, 5.41) is 10.2. The van der Waals surface area contributed by atoms with Crippen LogP contribution in [0.4, 0.5) is 0 Å². The summed E-state index contributed by atoms with van der Waals surface area (Å²) in [5.41, 5.74) is 4.06. The van der Waals surface area contributed by atoms with Crippen LogP contribution in [0.2, 0.25) is 0 Å². The number of aldehydes is 1. The molecule has 0 unspecified atom stereocenters. The van der Waals surface area contributed by atoms with Gasteiger partial charge >= 0.3 is 0 Å². The van der Waals surface area contributed by atoms with Gasteiger partial charge < -0.3 is 9.84 Å². The summed E-state index contributed by atoms with van der Waals surface area (Å²) < 4.78 is 5.31. The Hall–Kier alpha value is -3.07. The molecule has 0 atom stereocenters. The van der Waals surface area contributed by atoms with Gasteiger partial charge in [-0.05, 0) is 34.9 Å². The van der Waals surface area contributed by atoms with Gasteiger partial charge in [0.15, 0.2) is 17.8 Å². The van der Waals surface area contributed by atoms with Crippen LogP contribution in [0.1, 0.15) is 10.4 Å². The fourth-order valence-corrected chi connectivity index (χ4v) is 2.61. The Bertz CT molecular complexity index is 839. The number of carbonyl (C=O) groups excluding carboxylic acids is 1. The molecule has 0 aliphatic carbocycles. The van der Waals surface area contributed by atoms with Crippen molar-refractivity contribution in [3.05, 3.63) is 72.3 Å². The van der Waals surface area contributed by atoms with Crippen molar-refractivity contribution >= 4 is 6.29 Å². The molecular formula is C20H16O3. The third-order valence-electron chi connectivity index (χ3n) is 3.77. The molecule has 0 amide bonds. The zero-order chi connectivity index (χ0) is 16.2. The lowest BCUT2D eigenvalue weighted by molar-refractivity contribution is 0.112. The maximum absolute atomic E-state index is 11.0. The highest BCUT2D eigenvalue weighted by atomic mass is 16.5. The molecule has 3 aromatic carbocycles. The number of phenols is 1. The summed E-state index contributed by atoms with van der Waals surface area (Å²) >= 11 is 0. The predicted octanol–water partition coefficient (Wildman–Crippen LogP) is 4.55. The van der Waals surface area contributed by atoms with Crippen molar-refractivity contribution in [3.8, 4) is 33.8 Å². The van der Waals surface area contributed by atoms with Crippen LogP contribution in [0, 0.1) is 0 Å². The van der Waals surface area contributed by atoms with Crippen LogP contribution in [0.3, 0.4) is 0 Å². The quantitative estimate of drug-likeness (QED) is 0.719. The van der Waals surface area contributed by atoms with E-state index in [1.165, 1.54) is 7.11 Å². The van der Waals surface area contributed by atoms with Gasteiger partial charge in [-0.3, -0.25) is 4.79 Å². The van der Waals surface area contributed by atoms with E-state index in [-0.39, 0.29) is 11.3 Å².